The molecule has 19 heavy (non-hydrogen) atoms. The summed E-state index contributed by atoms with van der Waals surface area (Å²) in [6.07, 6.45) is -4.39. The van der Waals surface area contributed by atoms with Gasteiger partial charge in [0, 0.05) is 6.04 Å². The molecule has 0 aromatic heterocycles. The Kier molecular flexibility index (Phi) is 3.17. The Balaban J connectivity index is 2.30. The van der Waals surface area contributed by atoms with Gasteiger partial charge in [-0.3, -0.25) is 4.79 Å². The van der Waals surface area contributed by atoms with Crippen LogP contribution in [0.25, 0.3) is 0 Å². The second-order valence-corrected chi connectivity index (χ2v) is 4.63. The molecule has 1 aliphatic rings. The summed E-state index contributed by atoms with van der Waals surface area (Å²) in [5, 5.41) is 9.26. The van der Waals surface area contributed by atoms with Crippen molar-refractivity contribution in [3.05, 3.63) is 29.8 Å². The lowest BCUT2D eigenvalue weighted by molar-refractivity contribution is -0.274. The topological polar surface area (TPSA) is 72.6 Å². The van der Waals surface area contributed by atoms with Gasteiger partial charge in [-0.25, -0.2) is 0 Å². The second-order valence-electron chi connectivity index (χ2n) is 4.63. The highest BCUT2D eigenvalue weighted by atomic mass is 19.4. The number of hydrogen-bond acceptors (Lipinski definition) is 3. The molecule has 3 N–H and O–H groups in total. The minimum absolute atomic E-state index is 0.206. The molecule has 0 amide bonds. The number of hydrogen-bond donors (Lipinski definition) is 2. The van der Waals surface area contributed by atoms with Crippen molar-refractivity contribution < 1.29 is 27.8 Å². The first-order chi connectivity index (χ1) is 8.73. The lowest BCUT2D eigenvalue weighted by Gasteiger charge is -2.43. The van der Waals surface area contributed by atoms with E-state index >= 15 is 0 Å². The fourth-order valence-electron chi connectivity index (χ4n) is 2.36. The van der Waals surface area contributed by atoms with E-state index in [0.29, 0.717) is 0 Å². The van der Waals surface area contributed by atoms with Crippen LogP contribution in [0.5, 0.6) is 5.75 Å². The summed E-state index contributed by atoms with van der Waals surface area (Å²) >= 11 is 0. The SMILES string of the molecule is NC1CC(C(=O)O)(c2cccc(OC(F)(F)F)c2)C1. The summed E-state index contributed by atoms with van der Waals surface area (Å²) in [6, 6.07) is 4.80. The van der Waals surface area contributed by atoms with Crippen LogP contribution in [-0.4, -0.2) is 23.5 Å². The summed E-state index contributed by atoms with van der Waals surface area (Å²) in [5.41, 5.74) is 4.67. The Hall–Kier alpha value is -1.76. The Labute approximate surface area is 107 Å². The molecule has 0 aliphatic heterocycles. The highest BCUT2D eigenvalue weighted by Gasteiger charge is 2.50. The number of aliphatic carboxylic acids is 1. The lowest BCUT2D eigenvalue weighted by Crippen LogP contribution is -2.54. The predicted molar refractivity (Wildman–Crippen MR) is 59.6 cm³/mol. The summed E-state index contributed by atoms with van der Waals surface area (Å²) in [4.78, 5) is 11.3. The van der Waals surface area contributed by atoms with Crippen molar-refractivity contribution in [1.29, 1.82) is 0 Å². The van der Waals surface area contributed by atoms with E-state index in [-0.39, 0.29) is 24.4 Å². The van der Waals surface area contributed by atoms with Crippen LogP contribution in [0.1, 0.15) is 18.4 Å². The van der Waals surface area contributed by atoms with E-state index in [9.17, 15) is 23.1 Å². The molecule has 4 nitrogen and oxygen atoms in total. The van der Waals surface area contributed by atoms with Gasteiger partial charge in [0.15, 0.2) is 0 Å². The molecule has 104 valence electrons. The number of rotatable bonds is 3. The van der Waals surface area contributed by atoms with Crippen molar-refractivity contribution in [1.82, 2.24) is 0 Å². The smallest absolute Gasteiger partial charge is 0.481 e. The van der Waals surface area contributed by atoms with Crippen molar-refractivity contribution in [3.63, 3.8) is 0 Å². The van der Waals surface area contributed by atoms with Crippen molar-refractivity contribution in [2.75, 3.05) is 0 Å². The Bertz CT molecular complexity index is 495. The molecular weight excluding hydrogens is 263 g/mol. The Morgan fingerprint density at radius 1 is 1.42 bits per heavy atom. The van der Waals surface area contributed by atoms with Crippen molar-refractivity contribution in [2.45, 2.75) is 30.7 Å². The van der Waals surface area contributed by atoms with Crippen LogP contribution in [0.15, 0.2) is 24.3 Å². The van der Waals surface area contributed by atoms with Gasteiger partial charge in [0.1, 0.15) is 5.75 Å². The number of carboxylic acids is 1. The fraction of sp³-hybridized carbons (Fsp3) is 0.417. The molecular formula is C12H12F3NO3. The van der Waals surface area contributed by atoms with E-state index in [0.717, 1.165) is 12.1 Å². The van der Waals surface area contributed by atoms with Gasteiger partial charge in [0.25, 0.3) is 0 Å². The minimum Gasteiger partial charge on any atom is -0.481 e. The monoisotopic (exact) mass is 275 g/mol. The largest absolute Gasteiger partial charge is 0.573 e. The number of carbonyl (C=O) groups is 1. The zero-order valence-electron chi connectivity index (χ0n) is 9.78. The normalized spacial score (nSPS) is 26.6. The number of halogens is 3. The van der Waals surface area contributed by atoms with Crippen LogP contribution in [0.4, 0.5) is 13.2 Å². The first kappa shape index (κ1) is 13.7. The van der Waals surface area contributed by atoms with Crippen LogP contribution in [0.3, 0.4) is 0 Å². The highest BCUT2D eigenvalue weighted by Crippen LogP contribution is 2.44. The van der Waals surface area contributed by atoms with Gasteiger partial charge in [-0.2, -0.15) is 0 Å². The van der Waals surface area contributed by atoms with Gasteiger partial charge in [-0.1, -0.05) is 12.1 Å². The molecule has 1 saturated carbocycles. The molecule has 1 fully saturated rings. The quantitative estimate of drug-likeness (QED) is 0.885. The lowest BCUT2D eigenvalue weighted by atomic mass is 9.62. The first-order valence-corrected chi connectivity index (χ1v) is 5.58. The van der Waals surface area contributed by atoms with Crippen molar-refractivity contribution in [2.24, 2.45) is 5.73 Å². The molecule has 0 radical (unpaired) electrons. The minimum atomic E-state index is -4.80. The standard InChI is InChI=1S/C12H12F3NO3/c13-12(14,15)19-9-3-1-2-7(4-9)11(10(17)18)5-8(16)6-11/h1-4,8H,5-6,16H2,(H,17,18). The summed E-state index contributed by atoms with van der Waals surface area (Å²) < 4.78 is 40.2. The fourth-order valence-corrected chi connectivity index (χ4v) is 2.36. The number of alkyl halides is 3. The van der Waals surface area contributed by atoms with Crippen LogP contribution in [-0.2, 0) is 10.2 Å². The van der Waals surface area contributed by atoms with Crippen LogP contribution < -0.4 is 10.5 Å². The maximum Gasteiger partial charge on any atom is 0.573 e. The summed E-state index contributed by atoms with van der Waals surface area (Å²) in [7, 11) is 0. The van der Waals surface area contributed by atoms with Gasteiger partial charge < -0.3 is 15.6 Å². The highest BCUT2D eigenvalue weighted by molar-refractivity contribution is 5.83. The molecule has 0 saturated heterocycles. The van der Waals surface area contributed by atoms with Gasteiger partial charge in [-0.05, 0) is 30.5 Å². The van der Waals surface area contributed by atoms with E-state index in [2.05, 4.69) is 4.74 Å². The maximum absolute atomic E-state index is 12.1. The third kappa shape index (κ3) is 2.65. The third-order valence-corrected chi connectivity index (χ3v) is 3.25. The van der Waals surface area contributed by atoms with E-state index < -0.39 is 23.5 Å². The van der Waals surface area contributed by atoms with E-state index in [4.69, 9.17) is 5.73 Å². The molecule has 0 unspecified atom stereocenters. The average molecular weight is 275 g/mol. The number of nitrogens with two attached hydrogens (primary N) is 1. The Morgan fingerprint density at radius 3 is 2.53 bits per heavy atom. The zero-order chi connectivity index (χ0) is 14.3. The summed E-state index contributed by atoms with van der Waals surface area (Å²) in [5.74, 6) is -1.51. The van der Waals surface area contributed by atoms with Gasteiger partial charge in [0.2, 0.25) is 0 Å². The molecule has 1 aliphatic carbocycles. The molecule has 1 aromatic rings. The van der Waals surface area contributed by atoms with Crippen molar-refractivity contribution in [3.8, 4) is 5.75 Å². The van der Waals surface area contributed by atoms with Gasteiger partial charge in [-0.15, -0.1) is 13.2 Å². The third-order valence-electron chi connectivity index (χ3n) is 3.25. The second kappa shape index (κ2) is 4.41. The average Bonchev–Trinajstić information content (AvgIpc) is 2.22. The maximum atomic E-state index is 12.1. The summed E-state index contributed by atoms with van der Waals surface area (Å²) in [6.45, 7) is 0. The predicted octanol–water partition coefficient (Wildman–Crippen LogP) is 2.03. The first-order valence-electron chi connectivity index (χ1n) is 5.58. The Morgan fingerprint density at radius 2 is 2.05 bits per heavy atom. The molecule has 0 spiro atoms. The molecule has 0 heterocycles. The molecule has 0 atom stereocenters. The van der Waals surface area contributed by atoms with E-state index in [1.54, 1.807) is 0 Å². The van der Waals surface area contributed by atoms with Crippen LogP contribution >= 0.6 is 0 Å². The van der Waals surface area contributed by atoms with Gasteiger partial charge in [0.05, 0.1) is 5.41 Å². The molecule has 7 heteroatoms. The molecule has 0 bridgehead atoms. The van der Waals surface area contributed by atoms with Crippen LogP contribution in [0, 0.1) is 0 Å². The van der Waals surface area contributed by atoms with Crippen LogP contribution in [0.2, 0.25) is 0 Å². The molecule has 1 aromatic carbocycles. The van der Waals surface area contributed by atoms with Crippen molar-refractivity contribution >= 4 is 5.97 Å². The van der Waals surface area contributed by atoms with E-state index in [1.807, 2.05) is 0 Å². The van der Waals surface area contributed by atoms with E-state index in [1.165, 1.54) is 12.1 Å². The number of ether oxygens (including phenoxy) is 1. The molecule has 2 rings (SSSR count). The number of benzene rings is 1. The zero-order valence-corrected chi connectivity index (χ0v) is 9.78. The van der Waals surface area contributed by atoms with Gasteiger partial charge >= 0.3 is 12.3 Å². The number of carboxylic acid groups (broad SMARTS) is 1.